The lowest BCUT2D eigenvalue weighted by molar-refractivity contribution is -0.384. The van der Waals surface area contributed by atoms with Crippen LogP contribution in [0.25, 0.3) is 0 Å². The Labute approximate surface area is 116 Å². The van der Waals surface area contributed by atoms with Crippen molar-refractivity contribution >= 4 is 11.4 Å². The van der Waals surface area contributed by atoms with Crippen molar-refractivity contribution in [2.75, 3.05) is 11.9 Å². The molecule has 0 fully saturated rings. The van der Waals surface area contributed by atoms with Gasteiger partial charge in [-0.1, -0.05) is 0 Å². The number of hydrogen-bond acceptors (Lipinski definition) is 5. The molecule has 0 aliphatic heterocycles. The zero-order valence-electron chi connectivity index (χ0n) is 11.1. The van der Waals surface area contributed by atoms with E-state index in [1.807, 2.05) is 19.1 Å². The van der Waals surface area contributed by atoms with Crippen LogP contribution in [0.3, 0.4) is 0 Å². The molecule has 0 unspecified atom stereocenters. The summed E-state index contributed by atoms with van der Waals surface area (Å²) >= 11 is 0. The second-order valence-electron chi connectivity index (χ2n) is 4.11. The normalized spacial score (nSPS) is 10.1. The Morgan fingerprint density at radius 3 is 2.70 bits per heavy atom. The summed E-state index contributed by atoms with van der Waals surface area (Å²) in [6.45, 7) is 2.86. The van der Waals surface area contributed by atoms with Gasteiger partial charge in [-0.05, 0) is 24.6 Å². The third kappa shape index (κ3) is 3.68. The molecule has 0 saturated carbocycles. The number of benzene rings is 1. The summed E-state index contributed by atoms with van der Waals surface area (Å²) < 4.78 is 5.33. The second-order valence-corrected chi connectivity index (χ2v) is 4.11. The quantitative estimate of drug-likeness (QED) is 0.646. The third-order valence-electron chi connectivity index (χ3n) is 2.66. The van der Waals surface area contributed by atoms with Gasteiger partial charge in [0.15, 0.2) is 0 Å². The summed E-state index contributed by atoms with van der Waals surface area (Å²) in [6, 6.07) is 8.42. The summed E-state index contributed by atoms with van der Waals surface area (Å²) in [7, 11) is 0. The van der Waals surface area contributed by atoms with Crippen molar-refractivity contribution in [2.45, 2.75) is 13.5 Å². The van der Waals surface area contributed by atoms with Crippen molar-refractivity contribution in [3.8, 4) is 5.75 Å². The Morgan fingerprint density at radius 2 is 2.05 bits per heavy atom. The Morgan fingerprint density at radius 1 is 1.30 bits per heavy atom. The van der Waals surface area contributed by atoms with Gasteiger partial charge in [0.25, 0.3) is 5.69 Å². The number of anilines is 1. The van der Waals surface area contributed by atoms with Gasteiger partial charge in [0.1, 0.15) is 5.75 Å². The van der Waals surface area contributed by atoms with Gasteiger partial charge in [-0.15, -0.1) is 0 Å². The lowest BCUT2D eigenvalue weighted by Crippen LogP contribution is -2.01. The van der Waals surface area contributed by atoms with Crippen LogP contribution in [0, 0.1) is 10.1 Å². The van der Waals surface area contributed by atoms with Crippen LogP contribution in [0.1, 0.15) is 12.5 Å². The Balaban J connectivity index is 2.15. The van der Waals surface area contributed by atoms with Crippen LogP contribution in [0.2, 0.25) is 0 Å². The van der Waals surface area contributed by atoms with Gasteiger partial charge in [0.05, 0.1) is 17.6 Å². The average molecular weight is 273 g/mol. The summed E-state index contributed by atoms with van der Waals surface area (Å²) in [6.07, 6.45) is 3.41. The Hall–Kier alpha value is -2.63. The number of hydrogen-bond donors (Lipinski definition) is 1. The number of rotatable bonds is 6. The molecule has 0 saturated heterocycles. The van der Waals surface area contributed by atoms with Gasteiger partial charge in [0, 0.05) is 36.8 Å². The van der Waals surface area contributed by atoms with Gasteiger partial charge in [-0.3, -0.25) is 15.1 Å². The first-order chi connectivity index (χ1) is 9.69. The van der Waals surface area contributed by atoms with Crippen LogP contribution in [0.5, 0.6) is 5.75 Å². The molecule has 0 amide bonds. The molecule has 1 N–H and O–H groups in total. The number of nitrogens with one attached hydrogen (secondary N) is 1. The van der Waals surface area contributed by atoms with Crippen LogP contribution in [0.15, 0.2) is 42.7 Å². The molecule has 0 aliphatic rings. The smallest absolute Gasteiger partial charge is 0.275 e. The molecule has 0 bridgehead atoms. The molecular weight excluding hydrogens is 258 g/mol. The van der Waals surface area contributed by atoms with Crippen molar-refractivity contribution in [1.29, 1.82) is 0 Å². The maximum absolute atomic E-state index is 10.9. The largest absolute Gasteiger partial charge is 0.494 e. The van der Waals surface area contributed by atoms with Crippen LogP contribution in [-0.4, -0.2) is 16.5 Å². The van der Waals surface area contributed by atoms with E-state index in [0.717, 1.165) is 5.56 Å². The highest BCUT2D eigenvalue weighted by atomic mass is 16.6. The Bertz CT molecular complexity index is 587. The molecule has 0 atom stereocenters. The predicted octanol–water partition coefficient (Wildman–Crippen LogP) is 3.00. The zero-order chi connectivity index (χ0) is 14.4. The number of nitrogens with zero attached hydrogens (tertiary/aromatic N) is 2. The molecule has 1 aromatic carbocycles. The average Bonchev–Trinajstić information content (AvgIpc) is 2.46. The minimum absolute atomic E-state index is 0.00757. The van der Waals surface area contributed by atoms with Crippen molar-refractivity contribution in [3.63, 3.8) is 0 Å². The fourth-order valence-electron chi connectivity index (χ4n) is 1.75. The first-order valence-corrected chi connectivity index (χ1v) is 6.24. The van der Waals surface area contributed by atoms with Crippen molar-refractivity contribution in [3.05, 3.63) is 58.4 Å². The number of nitro benzene ring substituents is 1. The molecular formula is C14H15N3O3. The highest BCUT2D eigenvalue weighted by molar-refractivity contribution is 5.56. The standard InChI is InChI=1S/C14H15N3O3/c1-2-20-14-8-12(7-13(9-14)17(18)19)16-10-11-3-5-15-6-4-11/h3-9,16H,2,10H2,1H3. The number of aromatic nitrogens is 1. The molecule has 104 valence electrons. The summed E-state index contributed by atoms with van der Waals surface area (Å²) in [5, 5.41) is 14.0. The number of non-ortho nitro benzene ring substituents is 1. The fourth-order valence-corrected chi connectivity index (χ4v) is 1.75. The van der Waals surface area contributed by atoms with Gasteiger partial charge >= 0.3 is 0 Å². The number of nitro groups is 1. The minimum atomic E-state index is -0.430. The van der Waals surface area contributed by atoms with E-state index in [4.69, 9.17) is 4.74 Å². The maximum atomic E-state index is 10.9. The molecule has 0 aliphatic carbocycles. The Kier molecular flexibility index (Phi) is 4.49. The van der Waals surface area contributed by atoms with Gasteiger partial charge in [-0.2, -0.15) is 0 Å². The first kappa shape index (κ1) is 13.8. The highest BCUT2D eigenvalue weighted by Gasteiger charge is 2.10. The molecule has 0 spiro atoms. The zero-order valence-corrected chi connectivity index (χ0v) is 11.1. The van der Waals surface area contributed by atoms with Gasteiger partial charge in [0.2, 0.25) is 0 Å². The summed E-state index contributed by atoms with van der Waals surface area (Å²) in [5.74, 6) is 0.485. The molecule has 6 heteroatoms. The molecule has 1 heterocycles. The SMILES string of the molecule is CCOc1cc(NCc2ccncc2)cc([N+](=O)[O-])c1. The molecule has 0 radical (unpaired) electrons. The first-order valence-electron chi connectivity index (χ1n) is 6.24. The van der Waals surface area contributed by atoms with E-state index in [2.05, 4.69) is 10.3 Å². The monoisotopic (exact) mass is 273 g/mol. The summed E-state index contributed by atoms with van der Waals surface area (Å²) in [5.41, 5.74) is 1.71. The van der Waals surface area contributed by atoms with Crippen LogP contribution in [-0.2, 0) is 6.54 Å². The maximum Gasteiger partial charge on any atom is 0.275 e. The van der Waals surface area contributed by atoms with E-state index in [0.29, 0.717) is 24.6 Å². The van der Waals surface area contributed by atoms with Crippen LogP contribution >= 0.6 is 0 Å². The lowest BCUT2D eigenvalue weighted by Gasteiger charge is -2.09. The highest BCUT2D eigenvalue weighted by Crippen LogP contribution is 2.26. The predicted molar refractivity (Wildman–Crippen MR) is 75.8 cm³/mol. The summed E-state index contributed by atoms with van der Waals surface area (Å²) in [4.78, 5) is 14.4. The molecule has 20 heavy (non-hydrogen) atoms. The van der Waals surface area contributed by atoms with E-state index in [1.54, 1.807) is 18.5 Å². The van der Waals surface area contributed by atoms with Crippen molar-refractivity contribution in [1.82, 2.24) is 4.98 Å². The molecule has 6 nitrogen and oxygen atoms in total. The van der Waals surface area contributed by atoms with Gasteiger partial charge in [-0.25, -0.2) is 0 Å². The lowest BCUT2D eigenvalue weighted by atomic mass is 10.2. The van der Waals surface area contributed by atoms with E-state index in [1.165, 1.54) is 12.1 Å². The van der Waals surface area contributed by atoms with Crippen LogP contribution in [0.4, 0.5) is 11.4 Å². The molecule has 2 aromatic rings. The van der Waals surface area contributed by atoms with E-state index in [9.17, 15) is 10.1 Å². The molecule has 2 rings (SSSR count). The van der Waals surface area contributed by atoms with Crippen LogP contribution < -0.4 is 10.1 Å². The van der Waals surface area contributed by atoms with E-state index in [-0.39, 0.29) is 5.69 Å². The number of pyridine rings is 1. The van der Waals surface area contributed by atoms with E-state index >= 15 is 0 Å². The second kappa shape index (κ2) is 6.51. The van der Waals surface area contributed by atoms with E-state index < -0.39 is 4.92 Å². The van der Waals surface area contributed by atoms with Gasteiger partial charge < -0.3 is 10.1 Å². The third-order valence-corrected chi connectivity index (χ3v) is 2.66. The minimum Gasteiger partial charge on any atom is -0.494 e. The van der Waals surface area contributed by atoms with Crippen molar-refractivity contribution in [2.24, 2.45) is 0 Å². The molecule has 1 aromatic heterocycles. The number of ether oxygens (including phenoxy) is 1. The topological polar surface area (TPSA) is 77.3 Å². The van der Waals surface area contributed by atoms with Crippen molar-refractivity contribution < 1.29 is 9.66 Å². The fraction of sp³-hybridized carbons (Fsp3) is 0.214.